The number of rotatable bonds is 2. The molecule has 0 saturated heterocycles. The molecule has 1 heterocycles. The van der Waals surface area contributed by atoms with Crippen molar-refractivity contribution in [2.24, 2.45) is 5.16 Å². The van der Waals surface area contributed by atoms with Crippen LogP contribution in [0.5, 0.6) is 5.75 Å². The minimum atomic E-state index is -4.97. The van der Waals surface area contributed by atoms with Crippen molar-refractivity contribution in [3.8, 4) is 5.75 Å². The molecule has 106 valence electrons. The standard InChI is InChI=1S/C12H8F3NO4/c1-19-7-3-2-6-4-8(10(16-18)12(13,14)15)11(17)20-9(6)5-7/h2-5,18H,1H3/b16-10+. The molecule has 0 unspecified atom stereocenters. The predicted molar refractivity (Wildman–Crippen MR) is 63.4 cm³/mol. The summed E-state index contributed by atoms with van der Waals surface area (Å²) < 4.78 is 47.5. The second-order valence-electron chi connectivity index (χ2n) is 3.80. The highest BCUT2D eigenvalue weighted by Crippen LogP contribution is 2.24. The maximum absolute atomic E-state index is 12.6. The fraction of sp³-hybridized carbons (Fsp3) is 0.167. The summed E-state index contributed by atoms with van der Waals surface area (Å²) in [5.74, 6) is 0.389. The van der Waals surface area contributed by atoms with Gasteiger partial charge in [0.15, 0.2) is 5.71 Å². The Kier molecular flexibility index (Phi) is 3.39. The van der Waals surface area contributed by atoms with Gasteiger partial charge in [0.1, 0.15) is 11.3 Å². The van der Waals surface area contributed by atoms with Crippen LogP contribution in [-0.2, 0) is 0 Å². The number of alkyl halides is 3. The highest BCUT2D eigenvalue weighted by atomic mass is 19.4. The molecule has 0 radical (unpaired) electrons. The quantitative estimate of drug-likeness (QED) is 0.399. The number of hydrogen-bond acceptors (Lipinski definition) is 5. The number of ether oxygens (including phenoxy) is 1. The van der Waals surface area contributed by atoms with Gasteiger partial charge in [-0.25, -0.2) is 4.79 Å². The molecular formula is C12H8F3NO4. The maximum atomic E-state index is 12.6. The smallest absolute Gasteiger partial charge is 0.437 e. The molecule has 5 nitrogen and oxygen atoms in total. The van der Waals surface area contributed by atoms with Gasteiger partial charge in [0.25, 0.3) is 0 Å². The summed E-state index contributed by atoms with van der Waals surface area (Å²) in [4.78, 5) is 11.6. The molecule has 8 heteroatoms. The Morgan fingerprint density at radius 2 is 2.05 bits per heavy atom. The van der Waals surface area contributed by atoms with Crippen LogP contribution in [0.4, 0.5) is 13.2 Å². The van der Waals surface area contributed by atoms with Crippen molar-refractivity contribution in [3.05, 3.63) is 40.2 Å². The predicted octanol–water partition coefficient (Wildman–Crippen LogP) is 2.54. The number of benzene rings is 1. The van der Waals surface area contributed by atoms with Crippen molar-refractivity contribution in [3.63, 3.8) is 0 Å². The minimum absolute atomic E-state index is 0.0672. The molecule has 20 heavy (non-hydrogen) atoms. The van der Waals surface area contributed by atoms with Gasteiger partial charge >= 0.3 is 11.8 Å². The number of methoxy groups -OCH3 is 1. The van der Waals surface area contributed by atoms with E-state index in [0.29, 0.717) is 5.75 Å². The van der Waals surface area contributed by atoms with Crippen LogP contribution in [0.25, 0.3) is 11.0 Å². The highest BCUT2D eigenvalue weighted by molar-refractivity contribution is 6.05. The van der Waals surface area contributed by atoms with Crippen molar-refractivity contribution in [2.75, 3.05) is 7.11 Å². The normalized spacial score (nSPS) is 12.7. The zero-order chi connectivity index (χ0) is 14.9. The van der Waals surface area contributed by atoms with Gasteiger partial charge in [-0.2, -0.15) is 13.2 Å². The lowest BCUT2D eigenvalue weighted by atomic mass is 10.1. The van der Waals surface area contributed by atoms with E-state index in [1.54, 1.807) is 0 Å². The van der Waals surface area contributed by atoms with Gasteiger partial charge in [-0.05, 0) is 18.2 Å². The first-order valence-electron chi connectivity index (χ1n) is 5.28. The first kappa shape index (κ1) is 13.9. The summed E-state index contributed by atoms with van der Waals surface area (Å²) in [6.45, 7) is 0. The number of hydrogen-bond donors (Lipinski definition) is 1. The average Bonchev–Trinajstić information content (AvgIpc) is 2.38. The molecule has 2 rings (SSSR count). The second kappa shape index (κ2) is 4.87. The van der Waals surface area contributed by atoms with Crippen molar-refractivity contribution in [1.82, 2.24) is 0 Å². The van der Waals surface area contributed by atoms with Crippen LogP contribution in [-0.4, -0.2) is 24.2 Å². The highest BCUT2D eigenvalue weighted by Gasteiger charge is 2.39. The molecule has 1 aromatic carbocycles. The van der Waals surface area contributed by atoms with E-state index in [2.05, 4.69) is 5.16 Å². The van der Waals surface area contributed by atoms with Gasteiger partial charge < -0.3 is 14.4 Å². The van der Waals surface area contributed by atoms with Crippen LogP contribution in [0, 0.1) is 0 Å². The molecule has 0 atom stereocenters. The summed E-state index contributed by atoms with van der Waals surface area (Å²) in [5.41, 5.74) is -3.75. The zero-order valence-corrected chi connectivity index (χ0v) is 10.1. The molecule has 0 fully saturated rings. The Hall–Kier alpha value is -2.51. The Morgan fingerprint density at radius 3 is 2.60 bits per heavy atom. The maximum Gasteiger partial charge on any atom is 0.437 e. The summed E-state index contributed by atoms with van der Waals surface area (Å²) in [6, 6.07) is 5.23. The molecule has 0 bridgehead atoms. The van der Waals surface area contributed by atoms with Crippen LogP contribution in [0.3, 0.4) is 0 Å². The van der Waals surface area contributed by atoms with Gasteiger partial charge in [0.05, 0.1) is 12.7 Å². The lowest BCUT2D eigenvalue weighted by Gasteiger charge is -2.08. The summed E-state index contributed by atoms with van der Waals surface area (Å²) in [5, 5.41) is 10.8. The molecule has 0 spiro atoms. The first-order chi connectivity index (χ1) is 9.36. The van der Waals surface area contributed by atoms with Crippen molar-refractivity contribution in [2.45, 2.75) is 6.18 Å². The molecule has 2 aromatic rings. The minimum Gasteiger partial charge on any atom is -0.497 e. The van der Waals surface area contributed by atoms with Crippen molar-refractivity contribution in [1.29, 1.82) is 0 Å². The van der Waals surface area contributed by atoms with E-state index in [9.17, 15) is 18.0 Å². The third kappa shape index (κ3) is 2.44. The van der Waals surface area contributed by atoms with Crippen molar-refractivity contribution >= 4 is 16.7 Å². The van der Waals surface area contributed by atoms with E-state index >= 15 is 0 Å². The SMILES string of the molecule is COc1ccc2cc(/C(=N\O)C(F)(F)F)c(=O)oc2c1. The summed E-state index contributed by atoms with van der Waals surface area (Å²) in [7, 11) is 1.40. The third-order valence-electron chi connectivity index (χ3n) is 2.57. The van der Waals surface area contributed by atoms with E-state index < -0.39 is 23.1 Å². The van der Waals surface area contributed by atoms with Crippen LogP contribution < -0.4 is 10.4 Å². The first-order valence-corrected chi connectivity index (χ1v) is 5.28. The largest absolute Gasteiger partial charge is 0.497 e. The lowest BCUT2D eigenvalue weighted by Crippen LogP contribution is -2.29. The van der Waals surface area contributed by atoms with Gasteiger partial charge in [-0.1, -0.05) is 5.16 Å². The van der Waals surface area contributed by atoms with E-state index in [1.165, 1.54) is 25.3 Å². The molecule has 1 N–H and O–H groups in total. The van der Waals surface area contributed by atoms with Gasteiger partial charge in [-0.15, -0.1) is 0 Å². The molecule has 0 aliphatic carbocycles. The molecule has 0 aliphatic heterocycles. The summed E-state index contributed by atoms with van der Waals surface area (Å²) in [6.07, 6.45) is -4.97. The van der Waals surface area contributed by atoms with Gasteiger partial charge in [-0.3, -0.25) is 0 Å². The molecular weight excluding hydrogens is 279 g/mol. The van der Waals surface area contributed by atoms with Crippen LogP contribution in [0.2, 0.25) is 0 Å². The van der Waals surface area contributed by atoms with E-state index in [4.69, 9.17) is 14.4 Å². The van der Waals surface area contributed by atoms with Crippen molar-refractivity contribution < 1.29 is 27.5 Å². The second-order valence-corrected chi connectivity index (χ2v) is 3.80. The number of halogens is 3. The monoisotopic (exact) mass is 287 g/mol. The van der Waals surface area contributed by atoms with Crippen LogP contribution in [0.1, 0.15) is 5.56 Å². The topological polar surface area (TPSA) is 72.0 Å². The number of oxime groups is 1. The Balaban J connectivity index is 2.68. The van der Waals surface area contributed by atoms with E-state index in [-0.39, 0.29) is 11.0 Å². The fourth-order valence-electron chi connectivity index (χ4n) is 1.65. The lowest BCUT2D eigenvalue weighted by molar-refractivity contribution is -0.0602. The van der Waals surface area contributed by atoms with Crippen LogP contribution >= 0.6 is 0 Å². The van der Waals surface area contributed by atoms with Gasteiger partial charge in [0.2, 0.25) is 0 Å². The average molecular weight is 287 g/mol. The number of nitrogens with zero attached hydrogens (tertiary/aromatic N) is 1. The van der Waals surface area contributed by atoms with Gasteiger partial charge in [0, 0.05) is 11.5 Å². The molecule has 0 aliphatic rings. The Labute approximate surface area is 109 Å². The fourth-order valence-corrected chi connectivity index (χ4v) is 1.65. The summed E-state index contributed by atoms with van der Waals surface area (Å²) >= 11 is 0. The molecule has 0 amide bonds. The van der Waals surface area contributed by atoms with E-state index in [0.717, 1.165) is 6.07 Å². The molecule has 0 saturated carbocycles. The molecule has 1 aromatic heterocycles. The van der Waals surface area contributed by atoms with Crippen LogP contribution in [0.15, 0.2) is 38.6 Å². The Bertz CT molecular complexity index is 734. The van der Waals surface area contributed by atoms with E-state index in [1.807, 2.05) is 0 Å². The number of fused-ring (bicyclic) bond motifs is 1. The Morgan fingerprint density at radius 1 is 1.35 bits per heavy atom. The third-order valence-corrected chi connectivity index (χ3v) is 2.57. The zero-order valence-electron chi connectivity index (χ0n) is 10.1.